The highest BCUT2D eigenvalue weighted by Crippen LogP contribution is 2.31. The van der Waals surface area contributed by atoms with Gasteiger partial charge in [-0.15, -0.1) is 0 Å². The second kappa shape index (κ2) is 8.97. The van der Waals surface area contributed by atoms with Crippen molar-refractivity contribution in [1.82, 2.24) is 0 Å². The van der Waals surface area contributed by atoms with Gasteiger partial charge in [0.15, 0.2) is 5.78 Å². The Labute approximate surface area is 185 Å². The van der Waals surface area contributed by atoms with Crippen molar-refractivity contribution in [1.29, 1.82) is 0 Å². The third-order valence-electron chi connectivity index (χ3n) is 4.37. The molecule has 11 heteroatoms. The van der Waals surface area contributed by atoms with Crippen LogP contribution in [-0.2, 0) is 20.0 Å². The summed E-state index contributed by atoms with van der Waals surface area (Å²) in [7, 11) is -6.85. The third kappa shape index (κ3) is 5.24. The number of anilines is 2. The lowest BCUT2D eigenvalue weighted by Crippen LogP contribution is -2.16. The Morgan fingerprint density at radius 1 is 0.844 bits per heavy atom. The van der Waals surface area contributed by atoms with Gasteiger partial charge >= 0.3 is 0 Å². The molecule has 0 aliphatic carbocycles. The van der Waals surface area contributed by atoms with Crippen LogP contribution in [0, 0.1) is 5.82 Å². The first kappa shape index (κ1) is 23.2. The van der Waals surface area contributed by atoms with Crippen LogP contribution in [0.3, 0.4) is 0 Å². The fourth-order valence-electron chi connectivity index (χ4n) is 2.76. The van der Waals surface area contributed by atoms with Crippen molar-refractivity contribution in [3.05, 3.63) is 78.1 Å². The van der Waals surface area contributed by atoms with Crippen LogP contribution < -0.4 is 14.2 Å². The maximum absolute atomic E-state index is 13.1. The second-order valence-corrected chi connectivity index (χ2v) is 10.0. The van der Waals surface area contributed by atoms with E-state index >= 15 is 0 Å². The number of methoxy groups -OCH3 is 1. The molecular weight excluding hydrogens is 459 g/mol. The predicted octanol–water partition coefficient (Wildman–Crippen LogP) is 3.64. The predicted molar refractivity (Wildman–Crippen MR) is 117 cm³/mol. The molecule has 0 saturated carbocycles. The van der Waals surface area contributed by atoms with Gasteiger partial charge in [-0.3, -0.25) is 14.2 Å². The van der Waals surface area contributed by atoms with E-state index in [4.69, 9.17) is 4.74 Å². The summed E-state index contributed by atoms with van der Waals surface area (Å²) in [6.45, 7) is 1.32. The standard InChI is InChI=1S/C21H19FN2O6S2/c1-14(25)15-4-3-5-19(12-15)32(28,29)23-17-8-11-21(30-2)20(13-17)24-31(26,27)18-9-6-16(22)7-10-18/h3-13,23-24H,1-2H3. The SMILES string of the molecule is COc1ccc(NS(=O)(=O)c2cccc(C(C)=O)c2)cc1NS(=O)(=O)c1ccc(F)cc1. The van der Waals surface area contributed by atoms with Gasteiger partial charge < -0.3 is 4.74 Å². The molecule has 0 saturated heterocycles. The first-order valence-corrected chi connectivity index (χ1v) is 12.1. The number of nitrogens with one attached hydrogen (secondary N) is 2. The lowest BCUT2D eigenvalue weighted by atomic mass is 10.2. The van der Waals surface area contributed by atoms with Crippen LogP contribution in [0.15, 0.2) is 76.5 Å². The average molecular weight is 479 g/mol. The number of Topliss-reactive ketones (excluding diaryl/α,β-unsaturated/α-hetero) is 1. The highest BCUT2D eigenvalue weighted by Gasteiger charge is 2.20. The van der Waals surface area contributed by atoms with E-state index in [1.165, 1.54) is 56.5 Å². The van der Waals surface area contributed by atoms with Crippen molar-refractivity contribution in [2.75, 3.05) is 16.6 Å². The maximum Gasteiger partial charge on any atom is 0.262 e. The number of halogens is 1. The highest BCUT2D eigenvalue weighted by atomic mass is 32.2. The van der Waals surface area contributed by atoms with Crippen LogP contribution in [0.2, 0.25) is 0 Å². The van der Waals surface area contributed by atoms with E-state index in [9.17, 15) is 26.0 Å². The number of hydrogen-bond acceptors (Lipinski definition) is 6. The lowest BCUT2D eigenvalue weighted by molar-refractivity contribution is 0.101. The van der Waals surface area contributed by atoms with Crippen LogP contribution in [-0.4, -0.2) is 29.7 Å². The average Bonchev–Trinajstić information content (AvgIpc) is 2.74. The Morgan fingerprint density at radius 3 is 2.12 bits per heavy atom. The topological polar surface area (TPSA) is 119 Å². The molecule has 0 heterocycles. The van der Waals surface area contributed by atoms with Gasteiger partial charge in [-0.25, -0.2) is 21.2 Å². The zero-order chi connectivity index (χ0) is 23.5. The van der Waals surface area contributed by atoms with Crippen LogP contribution in [0.25, 0.3) is 0 Å². The summed E-state index contributed by atoms with van der Waals surface area (Å²) in [5, 5.41) is 0. The van der Waals surface area contributed by atoms with E-state index < -0.39 is 25.9 Å². The highest BCUT2D eigenvalue weighted by molar-refractivity contribution is 7.93. The Hall–Kier alpha value is -3.44. The first-order valence-electron chi connectivity index (χ1n) is 9.12. The summed E-state index contributed by atoms with van der Waals surface area (Å²) in [5.41, 5.74) is 0.251. The van der Waals surface area contributed by atoms with Crippen molar-refractivity contribution in [3.8, 4) is 5.75 Å². The van der Waals surface area contributed by atoms with E-state index in [2.05, 4.69) is 9.44 Å². The summed E-state index contributed by atoms with van der Waals surface area (Å²) >= 11 is 0. The number of ketones is 1. The second-order valence-electron chi connectivity index (χ2n) is 6.66. The zero-order valence-electron chi connectivity index (χ0n) is 17.0. The molecule has 0 atom stereocenters. The molecule has 0 fully saturated rings. The van der Waals surface area contributed by atoms with E-state index in [0.29, 0.717) is 0 Å². The number of carbonyl (C=O) groups excluding carboxylic acids is 1. The lowest BCUT2D eigenvalue weighted by Gasteiger charge is -2.15. The summed E-state index contributed by atoms with van der Waals surface area (Å²) in [6.07, 6.45) is 0. The number of ether oxygens (including phenoxy) is 1. The fraction of sp³-hybridized carbons (Fsp3) is 0.0952. The number of rotatable bonds is 8. The molecule has 32 heavy (non-hydrogen) atoms. The van der Waals surface area contributed by atoms with Crippen molar-refractivity contribution < 1.29 is 30.8 Å². The quantitative estimate of drug-likeness (QED) is 0.477. The van der Waals surface area contributed by atoms with Gasteiger partial charge in [0.05, 0.1) is 28.3 Å². The number of hydrogen-bond donors (Lipinski definition) is 2. The minimum absolute atomic E-state index is 0.0329. The zero-order valence-corrected chi connectivity index (χ0v) is 18.6. The molecule has 2 N–H and O–H groups in total. The number of benzene rings is 3. The molecule has 3 aromatic rings. The van der Waals surface area contributed by atoms with Crippen molar-refractivity contribution in [2.24, 2.45) is 0 Å². The molecule has 0 aliphatic heterocycles. The Balaban J connectivity index is 1.93. The molecule has 3 aromatic carbocycles. The number of sulfonamides is 2. The van der Waals surface area contributed by atoms with Crippen LogP contribution in [0.5, 0.6) is 5.75 Å². The Kier molecular flexibility index (Phi) is 6.51. The normalized spacial score (nSPS) is 11.6. The van der Waals surface area contributed by atoms with E-state index in [0.717, 1.165) is 24.3 Å². The van der Waals surface area contributed by atoms with Gasteiger partial charge in [0.25, 0.3) is 20.0 Å². The fourth-order valence-corrected chi connectivity index (χ4v) is 4.92. The summed E-state index contributed by atoms with van der Waals surface area (Å²) in [5.74, 6) is -0.743. The van der Waals surface area contributed by atoms with Crippen LogP contribution in [0.1, 0.15) is 17.3 Å². The van der Waals surface area contributed by atoms with Gasteiger partial charge in [0.2, 0.25) is 0 Å². The van der Waals surface area contributed by atoms with Crippen LogP contribution >= 0.6 is 0 Å². The molecule has 0 spiro atoms. The summed E-state index contributed by atoms with van der Waals surface area (Å²) in [6, 6.07) is 13.7. The summed E-state index contributed by atoms with van der Waals surface area (Å²) < 4.78 is 73.7. The molecule has 168 valence electrons. The van der Waals surface area contributed by atoms with Gasteiger partial charge in [0.1, 0.15) is 11.6 Å². The third-order valence-corrected chi connectivity index (χ3v) is 7.13. The monoisotopic (exact) mass is 478 g/mol. The molecule has 0 aliphatic rings. The van der Waals surface area contributed by atoms with E-state index in [1.807, 2.05) is 0 Å². The first-order chi connectivity index (χ1) is 15.0. The van der Waals surface area contributed by atoms with Gasteiger partial charge in [-0.2, -0.15) is 0 Å². The summed E-state index contributed by atoms with van der Waals surface area (Å²) in [4.78, 5) is 11.2. The van der Waals surface area contributed by atoms with E-state index in [-0.39, 0.29) is 38.3 Å². The number of carbonyl (C=O) groups is 1. The van der Waals surface area contributed by atoms with E-state index in [1.54, 1.807) is 0 Å². The van der Waals surface area contributed by atoms with Gasteiger partial charge in [-0.1, -0.05) is 12.1 Å². The Bertz CT molecular complexity index is 1370. The smallest absolute Gasteiger partial charge is 0.262 e. The minimum atomic E-state index is -4.10. The largest absolute Gasteiger partial charge is 0.495 e. The van der Waals surface area contributed by atoms with Crippen molar-refractivity contribution in [2.45, 2.75) is 16.7 Å². The minimum Gasteiger partial charge on any atom is -0.495 e. The molecule has 0 amide bonds. The van der Waals surface area contributed by atoms with Crippen molar-refractivity contribution in [3.63, 3.8) is 0 Å². The molecule has 0 unspecified atom stereocenters. The van der Waals surface area contributed by atoms with Crippen molar-refractivity contribution >= 4 is 37.2 Å². The van der Waals surface area contributed by atoms with Gasteiger partial charge in [0, 0.05) is 5.56 Å². The molecular formula is C21H19FN2O6S2. The Morgan fingerprint density at radius 2 is 1.50 bits per heavy atom. The van der Waals surface area contributed by atoms with Crippen LogP contribution in [0.4, 0.5) is 15.8 Å². The molecule has 3 rings (SSSR count). The van der Waals surface area contributed by atoms with Gasteiger partial charge in [-0.05, 0) is 61.5 Å². The molecule has 0 aromatic heterocycles. The molecule has 0 bridgehead atoms. The molecule has 0 radical (unpaired) electrons. The molecule has 8 nitrogen and oxygen atoms in total. The maximum atomic E-state index is 13.1.